The average molecular weight is 301 g/mol. The topological polar surface area (TPSA) is 29.1 Å². The quantitative estimate of drug-likeness (QED) is 0.660. The van der Waals surface area contributed by atoms with E-state index in [1.165, 1.54) is 19.1 Å². The van der Waals surface area contributed by atoms with Crippen LogP contribution in [0.15, 0.2) is 24.3 Å². The van der Waals surface area contributed by atoms with Gasteiger partial charge < -0.3 is 5.32 Å². The summed E-state index contributed by atoms with van der Waals surface area (Å²) in [5.41, 5.74) is -1.68. The highest BCUT2D eigenvalue weighted by molar-refractivity contribution is 6.04. The normalized spacial score (nSPS) is 10.6. The molecule has 7 heteroatoms. The van der Waals surface area contributed by atoms with E-state index in [9.17, 15) is 26.7 Å². The van der Waals surface area contributed by atoms with E-state index < -0.39 is 46.2 Å². The molecule has 0 aromatic heterocycles. The Morgan fingerprint density at radius 2 is 1.52 bits per heavy atom. The van der Waals surface area contributed by atoms with E-state index in [4.69, 9.17) is 0 Å². The van der Waals surface area contributed by atoms with Gasteiger partial charge in [0, 0.05) is 6.07 Å². The van der Waals surface area contributed by atoms with Crippen LogP contribution in [0.2, 0.25) is 0 Å². The summed E-state index contributed by atoms with van der Waals surface area (Å²) in [6.45, 7) is 1.38. The molecule has 0 spiro atoms. The van der Waals surface area contributed by atoms with Crippen LogP contribution in [0.3, 0.4) is 0 Å². The first-order valence-electron chi connectivity index (χ1n) is 5.72. The smallest absolute Gasteiger partial charge is 0.258 e. The molecule has 0 aliphatic carbocycles. The first-order valence-corrected chi connectivity index (χ1v) is 5.72. The first kappa shape index (κ1) is 15.0. The lowest BCUT2D eigenvalue weighted by Gasteiger charge is -2.10. The molecule has 1 amide bonds. The van der Waals surface area contributed by atoms with Crippen molar-refractivity contribution in [3.8, 4) is 0 Å². The monoisotopic (exact) mass is 301 g/mol. The van der Waals surface area contributed by atoms with Gasteiger partial charge in [-0.2, -0.15) is 0 Å². The second-order valence-electron chi connectivity index (χ2n) is 4.23. The SMILES string of the molecule is Cc1cccc(C(=O)Nc2c(F)c(F)cc(F)c2F)c1F. The van der Waals surface area contributed by atoms with Crippen molar-refractivity contribution < 1.29 is 26.7 Å². The Morgan fingerprint density at radius 1 is 0.952 bits per heavy atom. The molecule has 110 valence electrons. The molecule has 1 N–H and O–H groups in total. The summed E-state index contributed by atoms with van der Waals surface area (Å²) >= 11 is 0. The zero-order valence-corrected chi connectivity index (χ0v) is 10.6. The number of nitrogens with one attached hydrogen (secondary N) is 1. The molecule has 2 nitrogen and oxygen atoms in total. The third-order valence-electron chi connectivity index (χ3n) is 2.79. The van der Waals surface area contributed by atoms with Gasteiger partial charge in [0.1, 0.15) is 11.5 Å². The number of anilines is 1. The summed E-state index contributed by atoms with van der Waals surface area (Å²) in [7, 11) is 0. The summed E-state index contributed by atoms with van der Waals surface area (Å²) in [5, 5.41) is 1.64. The third-order valence-corrected chi connectivity index (χ3v) is 2.79. The zero-order chi connectivity index (χ0) is 15.7. The summed E-state index contributed by atoms with van der Waals surface area (Å²) in [4.78, 5) is 11.8. The zero-order valence-electron chi connectivity index (χ0n) is 10.6. The van der Waals surface area contributed by atoms with Crippen LogP contribution in [0.1, 0.15) is 15.9 Å². The number of benzene rings is 2. The lowest BCUT2D eigenvalue weighted by atomic mass is 10.1. The standard InChI is InChI=1S/C14H8F5NO/c1-6-3-2-4-7(10(6)17)14(21)20-13-11(18)8(15)5-9(16)12(13)19/h2-5H,1H3,(H,20,21). The lowest BCUT2D eigenvalue weighted by molar-refractivity contribution is 0.102. The summed E-state index contributed by atoms with van der Waals surface area (Å²) in [6.07, 6.45) is 0. The van der Waals surface area contributed by atoms with Crippen molar-refractivity contribution in [2.45, 2.75) is 6.92 Å². The second kappa shape index (κ2) is 5.51. The van der Waals surface area contributed by atoms with E-state index in [1.807, 2.05) is 0 Å². The van der Waals surface area contributed by atoms with Crippen LogP contribution in [-0.2, 0) is 0 Å². The molecule has 2 rings (SSSR count). The van der Waals surface area contributed by atoms with Crippen molar-refractivity contribution in [2.75, 3.05) is 5.32 Å². The van der Waals surface area contributed by atoms with Gasteiger partial charge in [0.2, 0.25) is 0 Å². The predicted molar refractivity (Wildman–Crippen MR) is 65.4 cm³/mol. The highest BCUT2D eigenvalue weighted by atomic mass is 19.2. The van der Waals surface area contributed by atoms with Crippen molar-refractivity contribution in [2.24, 2.45) is 0 Å². The molecule has 0 fully saturated rings. The van der Waals surface area contributed by atoms with Crippen LogP contribution < -0.4 is 5.32 Å². The Bertz CT molecular complexity index is 704. The van der Waals surface area contributed by atoms with E-state index in [0.29, 0.717) is 0 Å². The molecular weight excluding hydrogens is 293 g/mol. The number of hydrogen-bond donors (Lipinski definition) is 1. The van der Waals surface area contributed by atoms with E-state index in [-0.39, 0.29) is 11.6 Å². The number of hydrogen-bond acceptors (Lipinski definition) is 1. The minimum absolute atomic E-state index is 0.00751. The molecule has 21 heavy (non-hydrogen) atoms. The second-order valence-corrected chi connectivity index (χ2v) is 4.23. The molecule has 0 heterocycles. The van der Waals surface area contributed by atoms with E-state index in [0.717, 1.165) is 6.07 Å². The molecule has 0 aliphatic heterocycles. The Hall–Kier alpha value is -2.44. The lowest BCUT2D eigenvalue weighted by Crippen LogP contribution is -2.17. The molecular formula is C14H8F5NO. The van der Waals surface area contributed by atoms with E-state index in [2.05, 4.69) is 0 Å². The molecule has 0 bridgehead atoms. The largest absolute Gasteiger partial charge is 0.317 e. The van der Waals surface area contributed by atoms with Gasteiger partial charge in [0.25, 0.3) is 5.91 Å². The number of halogens is 5. The molecule has 0 saturated carbocycles. The van der Waals surface area contributed by atoms with Crippen molar-refractivity contribution in [3.63, 3.8) is 0 Å². The van der Waals surface area contributed by atoms with Crippen LogP contribution in [0.25, 0.3) is 0 Å². The minimum Gasteiger partial charge on any atom is -0.317 e. The molecule has 2 aromatic carbocycles. The Kier molecular flexibility index (Phi) is 3.93. The van der Waals surface area contributed by atoms with Gasteiger partial charge in [0.15, 0.2) is 23.3 Å². The van der Waals surface area contributed by atoms with Crippen molar-refractivity contribution in [3.05, 3.63) is 64.5 Å². The fourth-order valence-corrected chi connectivity index (χ4v) is 1.69. The van der Waals surface area contributed by atoms with Crippen LogP contribution in [0.5, 0.6) is 0 Å². The van der Waals surface area contributed by atoms with Crippen molar-refractivity contribution >= 4 is 11.6 Å². The number of carbonyl (C=O) groups is 1. The maximum atomic E-state index is 13.7. The summed E-state index contributed by atoms with van der Waals surface area (Å²) < 4.78 is 66.6. The fourth-order valence-electron chi connectivity index (χ4n) is 1.69. The highest BCUT2D eigenvalue weighted by Gasteiger charge is 2.22. The fraction of sp³-hybridized carbons (Fsp3) is 0.0714. The van der Waals surface area contributed by atoms with Crippen LogP contribution in [-0.4, -0.2) is 5.91 Å². The van der Waals surface area contributed by atoms with Gasteiger partial charge in [-0.3, -0.25) is 4.79 Å². The van der Waals surface area contributed by atoms with Gasteiger partial charge in [0.05, 0.1) is 5.56 Å². The Labute approximate surface area is 116 Å². The molecule has 0 atom stereocenters. The number of rotatable bonds is 2. The molecule has 0 unspecified atom stereocenters. The van der Waals surface area contributed by atoms with Crippen LogP contribution >= 0.6 is 0 Å². The van der Waals surface area contributed by atoms with Gasteiger partial charge >= 0.3 is 0 Å². The Morgan fingerprint density at radius 3 is 2.10 bits per heavy atom. The van der Waals surface area contributed by atoms with Gasteiger partial charge in [-0.05, 0) is 18.6 Å². The van der Waals surface area contributed by atoms with E-state index in [1.54, 1.807) is 5.32 Å². The predicted octanol–water partition coefficient (Wildman–Crippen LogP) is 3.94. The number of amides is 1. The number of carbonyl (C=O) groups excluding carboxylic acids is 1. The van der Waals surface area contributed by atoms with Crippen LogP contribution in [0, 0.1) is 36.0 Å². The molecule has 0 radical (unpaired) electrons. The summed E-state index contributed by atoms with van der Waals surface area (Å²) in [6, 6.07) is 3.82. The average Bonchev–Trinajstić information content (AvgIpc) is 2.44. The molecule has 0 aliphatic rings. The minimum atomic E-state index is -1.77. The van der Waals surface area contributed by atoms with Crippen molar-refractivity contribution in [1.29, 1.82) is 0 Å². The van der Waals surface area contributed by atoms with E-state index >= 15 is 0 Å². The van der Waals surface area contributed by atoms with Gasteiger partial charge in [-0.1, -0.05) is 12.1 Å². The molecule has 2 aromatic rings. The van der Waals surface area contributed by atoms with Crippen molar-refractivity contribution in [1.82, 2.24) is 0 Å². The maximum Gasteiger partial charge on any atom is 0.258 e. The maximum absolute atomic E-state index is 13.7. The van der Waals surface area contributed by atoms with Gasteiger partial charge in [-0.25, -0.2) is 22.0 Å². The van der Waals surface area contributed by atoms with Crippen LogP contribution in [0.4, 0.5) is 27.6 Å². The third kappa shape index (κ3) is 2.72. The Balaban J connectivity index is 2.43. The number of aryl methyl sites for hydroxylation is 1. The highest BCUT2D eigenvalue weighted by Crippen LogP contribution is 2.25. The van der Waals surface area contributed by atoms with Gasteiger partial charge in [-0.15, -0.1) is 0 Å². The molecule has 0 saturated heterocycles. The first-order chi connectivity index (χ1) is 9.82. The summed E-state index contributed by atoms with van der Waals surface area (Å²) in [5.74, 6) is -9.00.